The Balaban J connectivity index is 2.19. The maximum atomic E-state index is 12.3. The van der Waals surface area contributed by atoms with Gasteiger partial charge >= 0.3 is 0 Å². The molecular weight excluding hydrogens is 328 g/mol. The van der Waals surface area contributed by atoms with Crippen LogP contribution in [0.15, 0.2) is 35.5 Å². The summed E-state index contributed by atoms with van der Waals surface area (Å²) in [7, 11) is -2.23. The lowest BCUT2D eigenvalue weighted by atomic mass is 10.2. The van der Waals surface area contributed by atoms with Crippen LogP contribution in [0.2, 0.25) is 5.02 Å². The molecule has 1 heterocycles. The number of nitrogens with one attached hydrogen (secondary N) is 1. The zero-order chi connectivity index (χ0) is 16.2. The van der Waals surface area contributed by atoms with Crippen LogP contribution in [0.25, 0.3) is 0 Å². The molecule has 2 rings (SSSR count). The maximum absolute atomic E-state index is 12.3. The summed E-state index contributed by atoms with van der Waals surface area (Å²) in [5, 5.41) is 12.9. The lowest BCUT2D eigenvalue weighted by molar-refractivity contribution is 0.183. The smallest absolute Gasteiger partial charge is 0.262 e. The number of nitrogens with zero attached hydrogens (tertiary/aromatic N) is 3. The Labute approximate surface area is 133 Å². The van der Waals surface area contributed by atoms with Gasteiger partial charge in [0.15, 0.2) is 0 Å². The maximum Gasteiger partial charge on any atom is 0.262 e. The SMILES string of the molecule is COCCn1cc(NS(=O)(=O)c2ccc(C#N)c(Cl)c2)cn1. The summed E-state index contributed by atoms with van der Waals surface area (Å²) in [5.74, 6) is 0. The molecule has 0 unspecified atom stereocenters. The summed E-state index contributed by atoms with van der Waals surface area (Å²) in [5.41, 5.74) is 0.546. The van der Waals surface area contributed by atoms with Crippen molar-refractivity contribution in [2.45, 2.75) is 11.4 Å². The average molecular weight is 341 g/mol. The minimum Gasteiger partial charge on any atom is -0.383 e. The molecule has 1 aromatic heterocycles. The third-order valence-corrected chi connectivity index (χ3v) is 4.47. The van der Waals surface area contributed by atoms with Crippen LogP contribution >= 0.6 is 11.6 Å². The fraction of sp³-hybridized carbons (Fsp3) is 0.231. The van der Waals surface area contributed by atoms with E-state index in [2.05, 4.69) is 9.82 Å². The van der Waals surface area contributed by atoms with Gasteiger partial charge in [0.05, 0.1) is 40.5 Å². The topological polar surface area (TPSA) is 97.0 Å². The van der Waals surface area contributed by atoms with E-state index in [1.54, 1.807) is 18.0 Å². The molecule has 1 N–H and O–H groups in total. The minimum absolute atomic E-state index is 0.0267. The second kappa shape index (κ2) is 6.79. The van der Waals surface area contributed by atoms with Crippen molar-refractivity contribution in [1.29, 1.82) is 5.26 Å². The van der Waals surface area contributed by atoms with E-state index >= 15 is 0 Å². The number of benzene rings is 1. The third kappa shape index (κ3) is 3.76. The van der Waals surface area contributed by atoms with Gasteiger partial charge in [0.2, 0.25) is 0 Å². The van der Waals surface area contributed by atoms with Crippen LogP contribution in [0.4, 0.5) is 5.69 Å². The van der Waals surface area contributed by atoms with Crippen molar-refractivity contribution in [2.75, 3.05) is 18.4 Å². The number of ether oxygens (including phenoxy) is 1. The highest BCUT2D eigenvalue weighted by molar-refractivity contribution is 7.92. The summed E-state index contributed by atoms with van der Waals surface area (Å²) in [6.45, 7) is 0.986. The Hall–Kier alpha value is -2.08. The first-order valence-corrected chi connectivity index (χ1v) is 8.06. The van der Waals surface area contributed by atoms with Gasteiger partial charge in [-0.15, -0.1) is 0 Å². The van der Waals surface area contributed by atoms with Crippen molar-refractivity contribution in [3.8, 4) is 6.07 Å². The molecule has 1 aromatic carbocycles. The van der Waals surface area contributed by atoms with E-state index in [0.29, 0.717) is 18.8 Å². The number of hydrogen-bond donors (Lipinski definition) is 1. The predicted molar refractivity (Wildman–Crippen MR) is 81.1 cm³/mol. The lowest BCUT2D eigenvalue weighted by Gasteiger charge is -2.06. The summed E-state index contributed by atoms with van der Waals surface area (Å²) < 4.78 is 33.4. The molecule has 22 heavy (non-hydrogen) atoms. The van der Waals surface area contributed by atoms with E-state index in [9.17, 15) is 8.42 Å². The van der Waals surface area contributed by atoms with Crippen molar-refractivity contribution >= 4 is 27.3 Å². The standard InChI is InChI=1S/C13H13ClN4O3S/c1-21-5-4-18-9-11(8-16-18)17-22(19,20)12-3-2-10(7-15)13(14)6-12/h2-3,6,8-9,17H,4-5H2,1H3. The van der Waals surface area contributed by atoms with Crippen LogP contribution in [0, 0.1) is 11.3 Å². The largest absolute Gasteiger partial charge is 0.383 e. The van der Waals surface area contributed by atoms with Crippen LogP contribution < -0.4 is 4.72 Å². The zero-order valence-electron chi connectivity index (χ0n) is 11.7. The molecular formula is C13H13ClN4O3S. The second-order valence-electron chi connectivity index (χ2n) is 4.34. The van der Waals surface area contributed by atoms with E-state index in [0.717, 1.165) is 0 Å². The molecule has 0 radical (unpaired) electrons. The quantitative estimate of drug-likeness (QED) is 0.865. The van der Waals surface area contributed by atoms with Gasteiger partial charge in [0.25, 0.3) is 10.0 Å². The van der Waals surface area contributed by atoms with Crippen molar-refractivity contribution in [3.63, 3.8) is 0 Å². The molecule has 0 saturated carbocycles. The average Bonchev–Trinajstić information content (AvgIpc) is 2.91. The van der Waals surface area contributed by atoms with Gasteiger partial charge in [-0.25, -0.2) is 8.42 Å². The number of anilines is 1. The first kappa shape index (κ1) is 16.3. The van der Waals surface area contributed by atoms with E-state index < -0.39 is 10.0 Å². The molecule has 0 saturated heterocycles. The van der Waals surface area contributed by atoms with Gasteiger partial charge in [-0.1, -0.05) is 11.6 Å². The molecule has 116 valence electrons. The fourth-order valence-electron chi connectivity index (χ4n) is 1.69. The van der Waals surface area contributed by atoms with Crippen LogP contribution in [-0.4, -0.2) is 31.9 Å². The van der Waals surface area contributed by atoms with Crippen LogP contribution in [0.3, 0.4) is 0 Å². The van der Waals surface area contributed by atoms with Gasteiger partial charge in [-0.2, -0.15) is 10.4 Å². The van der Waals surface area contributed by atoms with Gasteiger partial charge in [0.1, 0.15) is 6.07 Å². The third-order valence-electron chi connectivity index (χ3n) is 2.78. The van der Waals surface area contributed by atoms with Crippen molar-refractivity contribution in [2.24, 2.45) is 0 Å². The number of halogens is 1. The number of methoxy groups -OCH3 is 1. The second-order valence-corrected chi connectivity index (χ2v) is 6.43. The zero-order valence-corrected chi connectivity index (χ0v) is 13.2. The van der Waals surface area contributed by atoms with Crippen molar-refractivity contribution in [1.82, 2.24) is 9.78 Å². The highest BCUT2D eigenvalue weighted by Gasteiger charge is 2.16. The summed E-state index contributed by atoms with van der Waals surface area (Å²) in [4.78, 5) is -0.0267. The fourth-order valence-corrected chi connectivity index (χ4v) is 3.03. The first-order valence-electron chi connectivity index (χ1n) is 6.20. The van der Waals surface area contributed by atoms with Gasteiger partial charge in [-0.3, -0.25) is 9.40 Å². The normalized spacial score (nSPS) is 11.1. The van der Waals surface area contributed by atoms with Crippen molar-refractivity contribution < 1.29 is 13.2 Å². The molecule has 0 spiro atoms. The molecule has 0 aliphatic rings. The van der Waals surface area contributed by atoms with Crippen LogP contribution in [0.5, 0.6) is 0 Å². The number of aromatic nitrogens is 2. The Morgan fingerprint density at radius 3 is 2.91 bits per heavy atom. The molecule has 2 aromatic rings. The van der Waals surface area contributed by atoms with Gasteiger partial charge in [-0.05, 0) is 18.2 Å². The molecule has 0 atom stereocenters. The molecule has 0 amide bonds. The van der Waals surface area contributed by atoms with E-state index in [-0.39, 0.29) is 15.5 Å². The predicted octanol–water partition coefficient (Wildman–Crippen LogP) is 1.86. The molecule has 0 fully saturated rings. The van der Waals surface area contributed by atoms with E-state index in [4.69, 9.17) is 21.6 Å². The Morgan fingerprint density at radius 1 is 1.50 bits per heavy atom. The van der Waals surface area contributed by atoms with Gasteiger partial charge < -0.3 is 4.74 Å². The summed E-state index contributed by atoms with van der Waals surface area (Å²) in [6, 6.07) is 5.79. The Kier molecular flexibility index (Phi) is 5.03. The number of hydrogen-bond acceptors (Lipinski definition) is 5. The lowest BCUT2D eigenvalue weighted by Crippen LogP contribution is -2.12. The molecule has 0 bridgehead atoms. The Morgan fingerprint density at radius 2 is 2.27 bits per heavy atom. The number of nitriles is 1. The summed E-state index contributed by atoms with van der Waals surface area (Å²) in [6.07, 6.45) is 2.96. The summed E-state index contributed by atoms with van der Waals surface area (Å²) >= 11 is 5.85. The highest BCUT2D eigenvalue weighted by atomic mass is 35.5. The van der Waals surface area contributed by atoms with E-state index in [1.807, 2.05) is 6.07 Å². The first-order chi connectivity index (χ1) is 10.5. The van der Waals surface area contributed by atoms with Crippen LogP contribution in [0.1, 0.15) is 5.56 Å². The monoisotopic (exact) mass is 340 g/mol. The highest BCUT2D eigenvalue weighted by Crippen LogP contribution is 2.22. The number of rotatable bonds is 6. The number of sulfonamides is 1. The molecule has 0 aliphatic heterocycles. The molecule has 7 nitrogen and oxygen atoms in total. The van der Waals surface area contributed by atoms with Crippen molar-refractivity contribution in [3.05, 3.63) is 41.2 Å². The Bertz CT molecular complexity index is 811. The minimum atomic E-state index is -3.80. The van der Waals surface area contributed by atoms with Gasteiger partial charge in [0, 0.05) is 13.3 Å². The van der Waals surface area contributed by atoms with Crippen LogP contribution in [-0.2, 0) is 21.3 Å². The van der Waals surface area contributed by atoms with E-state index in [1.165, 1.54) is 24.4 Å². The molecule has 0 aliphatic carbocycles. The molecule has 9 heteroatoms.